The lowest BCUT2D eigenvalue weighted by atomic mass is 10.3. The molecule has 1 rings (SSSR count). The lowest BCUT2D eigenvalue weighted by Gasteiger charge is -2.16. The second-order valence-electron chi connectivity index (χ2n) is 3.84. The number of amides is 1. The Balaban J connectivity index is 2.24. The van der Waals surface area contributed by atoms with Gasteiger partial charge in [-0.05, 0) is 20.5 Å². The zero-order valence-electron chi connectivity index (χ0n) is 8.36. The third kappa shape index (κ3) is 3.32. The van der Waals surface area contributed by atoms with Gasteiger partial charge in [-0.3, -0.25) is 4.79 Å². The molecule has 1 heterocycles. The Hall–Kier alpha value is -0.610. The van der Waals surface area contributed by atoms with E-state index in [2.05, 4.69) is 0 Å². The van der Waals surface area contributed by atoms with Crippen LogP contribution in [0.1, 0.15) is 12.8 Å². The van der Waals surface area contributed by atoms with Crippen LogP contribution in [0.5, 0.6) is 0 Å². The molecule has 0 aliphatic carbocycles. The zero-order valence-corrected chi connectivity index (χ0v) is 8.36. The number of nitrogens with zero attached hydrogens (tertiary/aromatic N) is 2. The van der Waals surface area contributed by atoms with Crippen LogP contribution >= 0.6 is 0 Å². The molecule has 0 bridgehead atoms. The molecule has 1 aliphatic heterocycles. The predicted octanol–water partition coefficient (Wildman–Crippen LogP) is -0.469. The number of carbonyl (C=O) groups excluding carboxylic acids is 1. The van der Waals surface area contributed by atoms with E-state index < -0.39 is 0 Å². The molecule has 0 aromatic heterocycles. The summed E-state index contributed by atoms with van der Waals surface area (Å²) in [5.41, 5.74) is 0. The van der Waals surface area contributed by atoms with Gasteiger partial charge in [0.2, 0.25) is 5.91 Å². The maximum Gasteiger partial charge on any atom is 0.223 e. The van der Waals surface area contributed by atoms with Crippen LogP contribution in [0.2, 0.25) is 0 Å². The fraction of sp³-hybridized carbons (Fsp3) is 0.889. The van der Waals surface area contributed by atoms with Crippen LogP contribution in [-0.4, -0.2) is 60.6 Å². The van der Waals surface area contributed by atoms with Gasteiger partial charge in [-0.1, -0.05) is 0 Å². The SMILES string of the molecule is CN(C)CCC(=O)N1CCC(O)C1. The fourth-order valence-electron chi connectivity index (χ4n) is 1.45. The van der Waals surface area contributed by atoms with Gasteiger partial charge in [-0.2, -0.15) is 0 Å². The highest BCUT2D eigenvalue weighted by atomic mass is 16.3. The zero-order chi connectivity index (χ0) is 9.84. The molecule has 1 unspecified atom stereocenters. The Morgan fingerprint density at radius 2 is 2.31 bits per heavy atom. The van der Waals surface area contributed by atoms with Crippen molar-refractivity contribution in [1.29, 1.82) is 0 Å². The van der Waals surface area contributed by atoms with Crippen LogP contribution in [-0.2, 0) is 4.79 Å². The molecular formula is C9H18N2O2. The van der Waals surface area contributed by atoms with E-state index >= 15 is 0 Å². The summed E-state index contributed by atoms with van der Waals surface area (Å²) in [6.45, 7) is 2.02. The molecule has 1 fully saturated rings. The summed E-state index contributed by atoms with van der Waals surface area (Å²) in [7, 11) is 3.90. The molecule has 1 saturated heterocycles. The van der Waals surface area contributed by atoms with E-state index in [0.717, 1.165) is 13.0 Å². The number of β-amino-alcohol motifs (C(OH)–C–C–N with tert-alkyl or cyclic N) is 1. The van der Waals surface area contributed by atoms with Crippen molar-refractivity contribution in [3.05, 3.63) is 0 Å². The molecule has 0 spiro atoms. The van der Waals surface area contributed by atoms with Gasteiger partial charge >= 0.3 is 0 Å². The maximum absolute atomic E-state index is 11.5. The minimum atomic E-state index is -0.302. The van der Waals surface area contributed by atoms with E-state index in [1.165, 1.54) is 0 Å². The van der Waals surface area contributed by atoms with Crippen molar-refractivity contribution in [2.75, 3.05) is 33.7 Å². The van der Waals surface area contributed by atoms with E-state index in [9.17, 15) is 9.90 Å². The fourth-order valence-corrected chi connectivity index (χ4v) is 1.45. The Morgan fingerprint density at radius 3 is 2.77 bits per heavy atom. The third-order valence-electron chi connectivity index (χ3n) is 2.29. The van der Waals surface area contributed by atoms with Crippen LogP contribution in [0.3, 0.4) is 0 Å². The number of rotatable bonds is 3. The average molecular weight is 186 g/mol. The third-order valence-corrected chi connectivity index (χ3v) is 2.29. The number of carbonyl (C=O) groups is 1. The predicted molar refractivity (Wildman–Crippen MR) is 50.4 cm³/mol. The summed E-state index contributed by atoms with van der Waals surface area (Å²) in [6.07, 6.45) is 0.983. The normalized spacial score (nSPS) is 22.8. The first kappa shape index (κ1) is 10.5. The summed E-state index contributed by atoms with van der Waals surface area (Å²) < 4.78 is 0. The maximum atomic E-state index is 11.5. The second-order valence-corrected chi connectivity index (χ2v) is 3.84. The monoisotopic (exact) mass is 186 g/mol. The van der Waals surface area contributed by atoms with Crippen molar-refractivity contribution in [3.63, 3.8) is 0 Å². The molecule has 0 saturated carbocycles. The molecule has 4 heteroatoms. The highest BCUT2D eigenvalue weighted by molar-refractivity contribution is 5.76. The second kappa shape index (κ2) is 4.58. The first-order valence-corrected chi connectivity index (χ1v) is 4.70. The van der Waals surface area contributed by atoms with Crippen LogP contribution < -0.4 is 0 Å². The van der Waals surface area contributed by atoms with E-state index in [1.807, 2.05) is 19.0 Å². The van der Waals surface area contributed by atoms with Gasteiger partial charge in [0.05, 0.1) is 6.10 Å². The van der Waals surface area contributed by atoms with Crippen LogP contribution in [0.15, 0.2) is 0 Å². The molecular weight excluding hydrogens is 168 g/mol. The van der Waals surface area contributed by atoms with Gasteiger partial charge in [-0.15, -0.1) is 0 Å². The summed E-state index contributed by atoms with van der Waals surface area (Å²) in [5, 5.41) is 9.22. The van der Waals surface area contributed by atoms with Gasteiger partial charge < -0.3 is 14.9 Å². The number of aliphatic hydroxyl groups excluding tert-OH is 1. The van der Waals surface area contributed by atoms with Gasteiger partial charge in [0.1, 0.15) is 0 Å². The highest BCUT2D eigenvalue weighted by Crippen LogP contribution is 2.09. The highest BCUT2D eigenvalue weighted by Gasteiger charge is 2.23. The van der Waals surface area contributed by atoms with Gasteiger partial charge in [0, 0.05) is 26.1 Å². The average Bonchev–Trinajstić information content (AvgIpc) is 2.47. The van der Waals surface area contributed by atoms with E-state index in [0.29, 0.717) is 19.5 Å². The minimum Gasteiger partial charge on any atom is -0.391 e. The van der Waals surface area contributed by atoms with Crippen molar-refractivity contribution >= 4 is 5.91 Å². The Morgan fingerprint density at radius 1 is 1.62 bits per heavy atom. The molecule has 0 aromatic carbocycles. The Bertz CT molecular complexity index is 182. The number of hydrogen-bond donors (Lipinski definition) is 1. The molecule has 76 valence electrons. The van der Waals surface area contributed by atoms with Gasteiger partial charge in [-0.25, -0.2) is 0 Å². The first-order chi connectivity index (χ1) is 6.09. The summed E-state index contributed by atoms with van der Waals surface area (Å²) in [4.78, 5) is 15.2. The van der Waals surface area contributed by atoms with Crippen molar-refractivity contribution in [1.82, 2.24) is 9.80 Å². The molecule has 13 heavy (non-hydrogen) atoms. The van der Waals surface area contributed by atoms with Crippen molar-refractivity contribution in [2.45, 2.75) is 18.9 Å². The standard InChI is InChI=1S/C9H18N2O2/c1-10(2)5-4-9(13)11-6-3-8(12)7-11/h8,12H,3-7H2,1-2H3. The quantitative estimate of drug-likeness (QED) is 0.648. The summed E-state index contributed by atoms with van der Waals surface area (Å²) in [5.74, 6) is 0.158. The molecule has 1 aliphatic rings. The van der Waals surface area contributed by atoms with E-state index in [1.54, 1.807) is 4.90 Å². The molecule has 0 aromatic rings. The van der Waals surface area contributed by atoms with Crippen LogP contribution in [0, 0.1) is 0 Å². The largest absolute Gasteiger partial charge is 0.391 e. The number of hydrogen-bond acceptors (Lipinski definition) is 3. The van der Waals surface area contributed by atoms with Crippen LogP contribution in [0.4, 0.5) is 0 Å². The van der Waals surface area contributed by atoms with Crippen molar-refractivity contribution in [3.8, 4) is 0 Å². The Kier molecular flexibility index (Phi) is 3.69. The summed E-state index contributed by atoms with van der Waals surface area (Å²) >= 11 is 0. The van der Waals surface area contributed by atoms with Crippen molar-refractivity contribution < 1.29 is 9.90 Å². The minimum absolute atomic E-state index is 0.158. The lowest BCUT2D eigenvalue weighted by molar-refractivity contribution is -0.130. The van der Waals surface area contributed by atoms with Gasteiger partial charge in [0.15, 0.2) is 0 Å². The molecule has 0 radical (unpaired) electrons. The van der Waals surface area contributed by atoms with Gasteiger partial charge in [0.25, 0.3) is 0 Å². The first-order valence-electron chi connectivity index (χ1n) is 4.70. The summed E-state index contributed by atoms with van der Waals surface area (Å²) in [6, 6.07) is 0. The number of likely N-dealkylation sites (tertiary alicyclic amines) is 1. The topological polar surface area (TPSA) is 43.8 Å². The molecule has 1 amide bonds. The smallest absolute Gasteiger partial charge is 0.223 e. The van der Waals surface area contributed by atoms with E-state index in [-0.39, 0.29) is 12.0 Å². The molecule has 1 N–H and O–H groups in total. The van der Waals surface area contributed by atoms with Crippen molar-refractivity contribution in [2.24, 2.45) is 0 Å². The van der Waals surface area contributed by atoms with E-state index in [4.69, 9.17) is 0 Å². The number of aliphatic hydroxyl groups is 1. The molecule has 4 nitrogen and oxygen atoms in total. The molecule has 1 atom stereocenters. The Labute approximate surface area is 79.1 Å². The lowest BCUT2D eigenvalue weighted by Crippen LogP contribution is -2.31. The van der Waals surface area contributed by atoms with Crippen LogP contribution in [0.25, 0.3) is 0 Å².